The lowest BCUT2D eigenvalue weighted by molar-refractivity contribution is -0.139. The first kappa shape index (κ1) is 23.6. The number of hydrogen-bond donors (Lipinski definition) is 1. The number of benzene rings is 2. The molecular weight excluding hydrogens is 452 g/mol. The van der Waals surface area contributed by atoms with Crippen LogP contribution in [-0.4, -0.2) is 34.5 Å². The first-order chi connectivity index (χ1) is 16.2. The van der Waals surface area contributed by atoms with E-state index < -0.39 is 10.8 Å². The van der Waals surface area contributed by atoms with Crippen LogP contribution in [0.15, 0.2) is 54.2 Å². The van der Waals surface area contributed by atoms with Gasteiger partial charge in [-0.3, -0.25) is 14.4 Å². The van der Waals surface area contributed by atoms with Gasteiger partial charge in [0.2, 0.25) is 16.7 Å². The number of anilines is 1. The highest BCUT2D eigenvalue weighted by Gasteiger charge is 2.61. The third-order valence-corrected chi connectivity index (χ3v) is 6.83. The van der Waals surface area contributed by atoms with Crippen molar-refractivity contribution in [3.05, 3.63) is 71.3 Å². The number of thioether (sulfide) groups is 1. The lowest BCUT2D eigenvalue weighted by Gasteiger charge is -2.29. The summed E-state index contributed by atoms with van der Waals surface area (Å²) in [5.74, 6) is -0.384. The molecule has 0 saturated heterocycles. The smallest absolute Gasteiger partial charge is 0.271 e. The highest BCUT2D eigenvalue weighted by atomic mass is 32.2. The normalized spacial score (nSPS) is 18.7. The fourth-order valence-corrected chi connectivity index (χ4v) is 5.70. The average Bonchev–Trinajstić information content (AvgIpc) is 3.25. The molecule has 176 valence electrons. The number of nitrogens with zero attached hydrogens (tertiary/aromatic N) is 3. The zero-order chi connectivity index (χ0) is 24.6. The van der Waals surface area contributed by atoms with Crippen LogP contribution in [0.4, 0.5) is 5.69 Å². The number of amidine groups is 1. The first-order valence-electron chi connectivity index (χ1n) is 10.8. The van der Waals surface area contributed by atoms with E-state index in [9.17, 15) is 14.4 Å². The van der Waals surface area contributed by atoms with Gasteiger partial charge >= 0.3 is 0 Å². The highest BCUT2D eigenvalue weighted by molar-refractivity contribution is 8.15. The molecule has 1 spiro atoms. The summed E-state index contributed by atoms with van der Waals surface area (Å²) in [6, 6.07) is 11.4. The zero-order valence-electron chi connectivity index (χ0n) is 19.5. The van der Waals surface area contributed by atoms with Crippen LogP contribution in [0.1, 0.15) is 36.1 Å². The number of ether oxygens (including phenoxy) is 1. The summed E-state index contributed by atoms with van der Waals surface area (Å²) in [6.45, 7) is 10.9. The van der Waals surface area contributed by atoms with Crippen molar-refractivity contribution in [2.75, 3.05) is 11.5 Å². The van der Waals surface area contributed by atoms with E-state index in [4.69, 9.17) is 4.74 Å². The molecule has 2 aromatic rings. The van der Waals surface area contributed by atoms with Crippen molar-refractivity contribution in [3.8, 4) is 5.75 Å². The number of aryl methyl sites for hydroxylation is 2. The van der Waals surface area contributed by atoms with Crippen LogP contribution in [0, 0.1) is 13.8 Å². The van der Waals surface area contributed by atoms with Gasteiger partial charge in [0.25, 0.3) is 5.91 Å². The molecule has 1 atom stereocenters. The predicted octanol–water partition coefficient (Wildman–Crippen LogP) is 3.57. The zero-order valence-corrected chi connectivity index (χ0v) is 20.4. The Kier molecular flexibility index (Phi) is 6.22. The first-order valence-corrected chi connectivity index (χ1v) is 11.6. The highest BCUT2D eigenvalue weighted by Crippen LogP contribution is 2.56. The molecule has 8 nitrogen and oxygen atoms in total. The molecule has 0 fully saturated rings. The van der Waals surface area contributed by atoms with Crippen LogP contribution in [-0.2, 0) is 25.8 Å². The molecule has 0 unspecified atom stereocenters. The Balaban J connectivity index is 1.85. The molecule has 4 rings (SSSR count). The van der Waals surface area contributed by atoms with Crippen LogP contribution in [0.2, 0.25) is 0 Å². The van der Waals surface area contributed by atoms with Gasteiger partial charge in [-0.05, 0) is 37.2 Å². The van der Waals surface area contributed by atoms with Crippen molar-refractivity contribution < 1.29 is 19.1 Å². The van der Waals surface area contributed by atoms with Gasteiger partial charge in [0.15, 0.2) is 5.17 Å². The lowest BCUT2D eigenvalue weighted by Crippen LogP contribution is -2.48. The molecule has 2 heterocycles. The van der Waals surface area contributed by atoms with E-state index >= 15 is 0 Å². The number of hydrazone groups is 1. The summed E-state index contributed by atoms with van der Waals surface area (Å²) in [5, 5.41) is 8.34. The number of fused-ring (bicyclic) bond motifs is 2. The third-order valence-electron chi connectivity index (χ3n) is 5.59. The second-order valence-electron chi connectivity index (χ2n) is 8.24. The number of hydrogen-bond acceptors (Lipinski definition) is 6. The summed E-state index contributed by atoms with van der Waals surface area (Å²) >= 11 is 1.07. The Hall–Kier alpha value is -3.59. The number of carbonyl (C=O) groups excluding carboxylic acids is 3. The van der Waals surface area contributed by atoms with Crippen molar-refractivity contribution in [2.24, 2.45) is 5.10 Å². The van der Waals surface area contributed by atoms with Crippen LogP contribution in [0.5, 0.6) is 5.75 Å². The molecule has 2 aromatic carbocycles. The standard InChI is InChI=1S/C25H26N4O4S/c1-6-11-33-21-10-8-7-9-19(21)14-28-22-16(3)12-15(2)13-20(22)25(23(28)32)29(18(5)31)27-24(34-25)26-17(4)30/h6-10,12-13H,1,11,14H2,2-5H3,(H,26,27,30)/t25-/m0/s1. The van der Waals surface area contributed by atoms with E-state index in [-0.39, 0.29) is 23.5 Å². The Bertz CT molecular complexity index is 1240. The van der Waals surface area contributed by atoms with E-state index in [0.717, 1.165) is 34.1 Å². The minimum absolute atomic E-state index is 0.206. The molecule has 0 saturated carbocycles. The fourth-order valence-electron chi connectivity index (χ4n) is 4.38. The largest absolute Gasteiger partial charge is 0.489 e. The van der Waals surface area contributed by atoms with Crippen molar-refractivity contribution in [2.45, 2.75) is 39.1 Å². The Morgan fingerprint density at radius 2 is 1.97 bits per heavy atom. The summed E-state index contributed by atoms with van der Waals surface area (Å²) in [7, 11) is 0. The van der Waals surface area contributed by atoms with Crippen LogP contribution < -0.4 is 15.0 Å². The quantitative estimate of drug-likeness (QED) is 0.664. The van der Waals surface area contributed by atoms with Gasteiger partial charge in [-0.1, -0.05) is 48.6 Å². The maximum atomic E-state index is 14.2. The van der Waals surface area contributed by atoms with Crippen LogP contribution >= 0.6 is 11.8 Å². The molecule has 3 amide bonds. The molecule has 34 heavy (non-hydrogen) atoms. The topological polar surface area (TPSA) is 91.3 Å². The summed E-state index contributed by atoms with van der Waals surface area (Å²) in [4.78, 5) is 38.8. The number of carbonyl (C=O) groups is 3. The van der Waals surface area contributed by atoms with E-state index in [1.54, 1.807) is 11.0 Å². The average molecular weight is 479 g/mol. The maximum absolute atomic E-state index is 14.2. The summed E-state index contributed by atoms with van der Waals surface area (Å²) < 4.78 is 5.81. The summed E-state index contributed by atoms with van der Waals surface area (Å²) in [6.07, 6.45) is 1.66. The van der Waals surface area contributed by atoms with Gasteiger partial charge in [-0.25, -0.2) is 0 Å². The van der Waals surface area contributed by atoms with Crippen molar-refractivity contribution in [1.29, 1.82) is 0 Å². The Labute approximate surface area is 202 Å². The van der Waals surface area contributed by atoms with E-state index in [1.807, 2.05) is 50.2 Å². The second-order valence-corrected chi connectivity index (χ2v) is 9.42. The minimum Gasteiger partial charge on any atom is -0.489 e. The fraction of sp³-hybridized carbons (Fsp3) is 0.280. The third kappa shape index (κ3) is 3.86. The molecule has 0 aromatic heterocycles. The van der Waals surface area contributed by atoms with Gasteiger partial charge < -0.3 is 15.0 Å². The SMILES string of the molecule is C=CCOc1ccccc1CN1C(=O)[C@@]2(SC(NC(C)=O)=NN2C(C)=O)c2cc(C)cc(C)c21. The van der Waals surface area contributed by atoms with E-state index in [0.29, 0.717) is 17.9 Å². The minimum atomic E-state index is -1.44. The molecule has 1 N–H and O–H groups in total. The van der Waals surface area contributed by atoms with Gasteiger partial charge in [-0.15, -0.1) is 5.10 Å². The number of rotatable bonds is 5. The van der Waals surface area contributed by atoms with Crippen molar-refractivity contribution >= 4 is 40.3 Å². The van der Waals surface area contributed by atoms with Crippen molar-refractivity contribution in [1.82, 2.24) is 10.3 Å². The maximum Gasteiger partial charge on any atom is 0.271 e. The molecule has 0 bridgehead atoms. The molecule has 2 aliphatic rings. The Morgan fingerprint density at radius 1 is 1.24 bits per heavy atom. The Morgan fingerprint density at radius 3 is 2.65 bits per heavy atom. The van der Waals surface area contributed by atoms with Crippen LogP contribution in [0.25, 0.3) is 0 Å². The van der Waals surface area contributed by atoms with Crippen LogP contribution in [0.3, 0.4) is 0 Å². The predicted molar refractivity (Wildman–Crippen MR) is 132 cm³/mol. The molecule has 0 radical (unpaired) electrons. The monoisotopic (exact) mass is 478 g/mol. The molecule has 2 aliphatic heterocycles. The van der Waals surface area contributed by atoms with Gasteiger partial charge in [0.05, 0.1) is 12.2 Å². The number of para-hydroxylation sites is 1. The molecule has 0 aliphatic carbocycles. The molecular formula is C25H26N4O4S. The van der Waals surface area contributed by atoms with E-state index in [1.165, 1.54) is 18.9 Å². The second kappa shape index (κ2) is 8.98. The van der Waals surface area contributed by atoms with Gasteiger partial charge in [-0.2, -0.15) is 5.01 Å². The number of nitrogens with one attached hydrogen (secondary N) is 1. The lowest BCUT2D eigenvalue weighted by atomic mass is 10.0. The van der Waals surface area contributed by atoms with E-state index in [2.05, 4.69) is 17.0 Å². The van der Waals surface area contributed by atoms with Gasteiger partial charge in [0.1, 0.15) is 12.4 Å². The number of amides is 3. The molecule has 9 heteroatoms. The summed E-state index contributed by atoms with van der Waals surface area (Å²) in [5.41, 5.74) is 4.08. The van der Waals surface area contributed by atoms with Crippen molar-refractivity contribution in [3.63, 3.8) is 0 Å². The van der Waals surface area contributed by atoms with Gasteiger partial charge in [0, 0.05) is 25.0 Å².